The molecule has 1 unspecified atom stereocenters. The Kier molecular flexibility index (Phi) is 4.97. The van der Waals surface area contributed by atoms with E-state index in [1.54, 1.807) is 30.3 Å². The Balaban J connectivity index is 1.61. The number of Topliss-reactive ketones (excluding diaryl/α,β-unsaturated/α-hetero) is 1. The molecule has 8 heteroatoms. The van der Waals surface area contributed by atoms with Gasteiger partial charge in [0, 0.05) is 5.39 Å². The minimum atomic E-state index is -0.967. The predicted octanol–water partition coefficient (Wildman–Crippen LogP) is 4.95. The molecule has 2 aromatic carbocycles. The zero-order valence-electron chi connectivity index (χ0n) is 17.4. The van der Waals surface area contributed by atoms with Crippen molar-refractivity contribution in [2.45, 2.75) is 12.6 Å². The molecule has 1 atom stereocenters. The molecule has 1 N–H and O–H groups in total. The van der Waals surface area contributed by atoms with Gasteiger partial charge < -0.3 is 23.6 Å². The van der Waals surface area contributed by atoms with Gasteiger partial charge in [-0.3, -0.25) is 9.59 Å². The molecule has 1 aliphatic rings. The topological polar surface area (TPSA) is 93.1 Å². The first-order valence-electron chi connectivity index (χ1n) is 10.1. The number of ether oxygens (including phenoxy) is 1. The van der Waals surface area contributed by atoms with E-state index < -0.39 is 29.3 Å². The molecular weight excluding hydrogens is 429 g/mol. The van der Waals surface area contributed by atoms with E-state index in [4.69, 9.17) is 13.6 Å². The Morgan fingerprint density at radius 3 is 2.64 bits per heavy atom. The third kappa shape index (κ3) is 3.45. The molecule has 0 radical (unpaired) electrons. The van der Waals surface area contributed by atoms with Crippen LogP contribution in [0.4, 0.5) is 4.39 Å². The number of hydrogen-bond donors (Lipinski definition) is 1. The fourth-order valence-corrected chi connectivity index (χ4v) is 4.05. The molecule has 0 aliphatic carbocycles. The number of methoxy groups -OCH3 is 1. The molecule has 7 nitrogen and oxygen atoms in total. The third-order valence-electron chi connectivity index (χ3n) is 5.59. The number of rotatable bonds is 6. The molecule has 3 heterocycles. The quantitative estimate of drug-likeness (QED) is 0.421. The normalized spacial score (nSPS) is 16.1. The first kappa shape index (κ1) is 20.6. The van der Waals surface area contributed by atoms with Gasteiger partial charge in [-0.05, 0) is 42.0 Å². The highest BCUT2D eigenvalue weighted by Crippen LogP contribution is 2.41. The summed E-state index contributed by atoms with van der Waals surface area (Å²) in [6.45, 7) is 0.00265. The van der Waals surface area contributed by atoms with Crippen LogP contribution in [-0.2, 0) is 11.3 Å². The number of amides is 1. The van der Waals surface area contributed by atoms with Gasteiger partial charge in [-0.15, -0.1) is 0 Å². The number of benzene rings is 2. The molecule has 1 amide bonds. The second kappa shape index (κ2) is 7.98. The summed E-state index contributed by atoms with van der Waals surface area (Å²) in [5.41, 5.74) is 0.673. The van der Waals surface area contributed by atoms with Crippen LogP contribution in [0, 0.1) is 5.82 Å². The SMILES string of the molecule is COc1cccc2cc(C(=O)C3=C(O)C(=O)N(Cc4ccco4)C3c3ccc(F)cc3)oc12. The number of furan rings is 2. The summed E-state index contributed by atoms with van der Waals surface area (Å²) >= 11 is 0. The summed E-state index contributed by atoms with van der Waals surface area (Å²) < 4.78 is 30.0. The van der Waals surface area contributed by atoms with E-state index in [-0.39, 0.29) is 17.9 Å². The molecule has 5 rings (SSSR count). The average Bonchev–Trinajstić information content (AvgIpc) is 3.54. The fraction of sp³-hybridized carbons (Fsp3) is 0.120. The van der Waals surface area contributed by atoms with Crippen molar-refractivity contribution in [3.05, 3.63) is 101 Å². The fourth-order valence-electron chi connectivity index (χ4n) is 4.05. The number of fused-ring (bicyclic) bond motifs is 1. The van der Waals surface area contributed by atoms with Crippen molar-refractivity contribution in [3.63, 3.8) is 0 Å². The summed E-state index contributed by atoms with van der Waals surface area (Å²) in [6, 6.07) is 14.5. The molecule has 0 spiro atoms. The van der Waals surface area contributed by atoms with Crippen LogP contribution in [0.2, 0.25) is 0 Å². The molecule has 1 aliphatic heterocycles. The van der Waals surface area contributed by atoms with E-state index >= 15 is 0 Å². The van der Waals surface area contributed by atoms with Crippen molar-refractivity contribution in [1.82, 2.24) is 4.90 Å². The number of nitrogens with zero attached hydrogens (tertiary/aromatic N) is 1. The maximum atomic E-state index is 13.6. The van der Waals surface area contributed by atoms with Crippen LogP contribution >= 0.6 is 0 Å². The molecule has 0 bridgehead atoms. The van der Waals surface area contributed by atoms with Crippen LogP contribution < -0.4 is 4.74 Å². The summed E-state index contributed by atoms with van der Waals surface area (Å²) in [6.07, 6.45) is 1.46. The van der Waals surface area contributed by atoms with Crippen molar-refractivity contribution in [2.75, 3.05) is 7.11 Å². The van der Waals surface area contributed by atoms with Crippen molar-refractivity contribution in [3.8, 4) is 5.75 Å². The van der Waals surface area contributed by atoms with Crippen molar-refractivity contribution < 1.29 is 32.7 Å². The minimum Gasteiger partial charge on any atom is -0.503 e. The Morgan fingerprint density at radius 2 is 1.94 bits per heavy atom. The monoisotopic (exact) mass is 447 g/mol. The zero-order valence-corrected chi connectivity index (χ0v) is 17.4. The highest BCUT2D eigenvalue weighted by molar-refractivity contribution is 6.16. The van der Waals surface area contributed by atoms with Gasteiger partial charge in [0.1, 0.15) is 11.6 Å². The van der Waals surface area contributed by atoms with E-state index in [0.29, 0.717) is 28.0 Å². The van der Waals surface area contributed by atoms with Gasteiger partial charge in [-0.2, -0.15) is 0 Å². The molecule has 33 heavy (non-hydrogen) atoms. The molecule has 2 aromatic heterocycles. The molecule has 0 saturated heterocycles. The van der Waals surface area contributed by atoms with Crippen molar-refractivity contribution >= 4 is 22.7 Å². The number of carbonyl (C=O) groups is 2. The Labute approximate surface area is 187 Å². The van der Waals surface area contributed by atoms with Gasteiger partial charge in [0.15, 0.2) is 22.9 Å². The lowest BCUT2D eigenvalue weighted by molar-refractivity contribution is -0.130. The summed E-state index contributed by atoms with van der Waals surface area (Å²) in [5, 5.41) is 11.4. The lowest BCUT2D eigenvalue weighted by atomic mass is 9.95. The van der Waals surface area contributed by atoms with E-state index in [0.717, 1.165) is 0 Å². The maximum Gasteiger partial charge on any atom is 0.290 e. The Hall–Kier alpha value is -4.33. The summed E-state index contributed by atoms with van der Waals surface area (Å²) in [4.78, 5) is 27.8. The predicted molar refractivity (Wildman–Crippen MR) is 115 cm³/mol. The average molecular weight is 447 g/mol. The van der Waals surface area contributed by atoms with Crippen molar-refractivity contribution in [2.24, 2.45) is 0 Å². The molecule has 0 saturated carbocycles. The maximum absolute atomic E-state index is 13.6. The molecule has 0 fully saturated rings. The van der Waals surface area contributed by atoms with Gasteiger partial charge in [-0.1, -0.05) is 24.3 Å². The number of halogens is 1. The number of para-hydroxylation sites is 1. The van der Waals surface area contributed by atoms with Crippen LogP contribution in [0.15, 0.2) is 87.1 Å². The van der Waals surface area contributed by atoms with Crippen LogP contribution in [-0.4, -0.2) is 28.8 Å². The van der Waals surface area contributed by atoms with Crippen LogP contribution in [0.3, 0.4) is 0 Å². The number of carbonyl (C=O) groups excluding carboxylic acids is 2. The number of ketones is 1. The third-order valence-corrected chi connectivity index (χ3v) is 5.59. The van der Waals surface area contributed by atoms with E-state index in [2.05, 4.69) is 0 Å². The van der Waals surface area contributed by atoms with Gasteiger partial charge in [0.2, 0.25) is 5.78 Å². The van der Waals surface area contributed by atoms with Gasteiger partial charge in [0.25, 0.3) is 5.91 Å². The van der Waals surface area contributed by atoms with Gasteiger partial charge in [0.05, 0.1) is 31.5 Å². The Morgan fingerprint density at radius 1 is 1.15 bits per heavy atom. The van der Waals surface area contributed by atoms with E-state index in [1.807, 2.05) is 0 Å². The highest BCUT2D eigenvalue weighted by atomic mass is 19.1. The van der Waals surface area contributed by atoms with Crippen LogP contribution in [0.25, 0.3) is 11.0 Å². The number of aliphatic hydroxyl groups is 1. The van der Waals surface area contributed by atoms with Gasteiger partial charge >= 0.3 is 0 Å². The summed E-state index contributed by atoms with van der Waals surface area (Å²) in [5.74, 6) is -1.70. The summed E-state index contributed by atoms with van der Waals surface area (Å²) in [7, 11) is 1.49. The lowest BCUT2D eigenvalue weighted by Crippen LogP contribution is -2.30. The Bertz CT molecular complexity index is 1380. The molecular formula is C25H18FNO6. The second-order valence-electron chi connectivity index (χ2n) is 7.55. The second-order valence-corrected chi connectivity index (χ2v) is 7.55. The first-order chi connectivity index (χ1) is 16.0. The van der Waals surface area contributed by atoms with Gasteiger partial charge in [-0.25, -0.2) is 4.39 Å². The standard InChI is InChI=1S/C25H18FNO6/c1-31-18-6-2-4-15-12-19(33-24(15)18)22(28)20-21(14-7-9-16(26)10-8-14)27(25(30)23(20)29)13-17-5-3-11-32-17/h2-12,21,29H,13H2,1H3. The molecule has 4 aromatic rings. The first-order valence-corrected chi connectivity index (χ1v) is 10.1. The van der Waals surface area contributed by atoms with E-state index in [9.17, 15) is 19.1 Å². The van der Waals surface area contributed by atoms with Crippen molar-refractivity contribution in [1.29, 1.82) is 0 Å². The highest BCUT2D eigenvalue weighted by Gasteiger charge is 2.45. The number of aliphatic hydroxyl groups excluding tert-OH is 1. The zero-order chi connectivity index (χ0) is 23.1. The lowest BCUT2D eigenvalue weighted by Gasteiger charge is -2.25. The van der Waals surface area contributed by atoms with Crippen LogP contribution in [0.1, 0.15) is 27.9 Å². The minimum absolute atomic E-state index is 0.00265. The molecule has 166 valence electrons. The van der Waals surface area contributed by atoms with E-state index in [1.165, 1.54) is 48.6 Å². The van der Waals surface area contributed by atoms with Crippen LogP contribution in [0.5, 0.6) is 5.75 Å². The smallest absolute Gasteiger partial charge is 0.290 e. The largest absolute Gasteiger partial charge is 0.503 e. The number of hydrogen-bond acceptors (Lipinski definition) is 6.